The van der Waals surface area contributed by atoms with Gasteiger partial charge in [0, 0.05) is 17.0 Å². The Morgan fingerprint density at radius 2 is 1.82 bits per heavy atom. The average Bonchev–Trinajstić information content (AvgIpc) is 2.83. The van der Waals surface area contributed by atoms with E-state index in [-0.39, 0.29) is 45.9 Å². The lowest BCUT2D eigenvalue weighted by molar-refractivity contribution is -0.112. The first-order valence-electron chi connectivity index (χ1n) is 10.3. The van der Waals surface area contributed by atoms with Crippen LogP contribution in [0, 0.1) is 17.2 Å². The SMILES string of the molecule is COC(=O)c1ccc(Cl)cc1NC(=O)c1cc(OC2CCC(C=O)CC2)c(C#N)cc1OC. The molecule has 0 saturated heterocycles. The Balaban J connectivity index is 1.91. The molecule has 0 unspecified atom stereocenters. The molecule has 33 heavy (non-hydrogen) atoms. The fourth-order valence-corrected chi connectivity index (χ4v) is 3.88. The van der Waals surface area contributed by atoms with Crippen molar-refractivity contribution in [1.82, 2.24) is 0 Å². The Labute approximate surface area is 196 Å². The average molecular weight is 471 g/mol. The van der Waals surface area contributed by atoms with E-state index in [4.69, 9.17) is 25.8 Å². The highest BCUT2D eigenvalue weighted by Crippen LogP contribution is 2.33. The van der Waals surface area contributed by atoms with Crippen LogP contribution in [0.25, 0.3) is 0 Å². The number of amides is 1. The Hall–Kier alpha value is -3.57. The largest absolute Gasteiger partial charge is 0.496 e. The van der Waals surface area contributed by atoms with E-state index in [1.54, 1.807) is 0 Å². The van der Waals surface area contributed by atoms with Crippen molar-refractivity contribution in [3.63, 3.8) is 0 Å². The predicted octanol–water partition coefficient (Wildman–Crippen LogP) is 4.40. The van der Waals surface area contributed by atoms with Crippen LogP contribution >= 0.6 is 11.6 Å². The molecule has 1 aliphatic rings. The minimum Gasteiger partial charge on any atom is -0.496 e. The van der Waals surface area contributed by atoms with Crippen molar-refractivity contribution in [3.05, 3.63) is 52.0 Å². The second kappa shape index (κ2) is 10.8. The topological polar surface area (TPSA) is 115 Å². The number of rotatable bonds is 7. The van der Waals surface area contributed by atoms with E-state index < -0.39 is 11.9 Å². The first kappa shape index (κ1) is 24.1. The van der Waals surface area contributed by atoms with Crippen LogP contribution in [0.1, 0.15) is 52.0 Å². The molecule has 0 aliphatic heterocycles. The zero-order valence-electron chi connectivity index (χ0n) is 18.2. The molecular formula is C24H23ClN2O6. The normalized spacial score (nSPS) is 17.4. The molecule has 2 aromatic carbocycles. The number of nitrogens with zero attached hydrogens (tertiary/aromatic N) is 1. The van der Waals surface area contributed by atoms with Crippen LogP contribution < -0.4 is 14.8 Å². The molecule has 1 N–H and O–H groups in total. The number of esters is 1. The third-order valence-electron chi connectivity index (χ3n) is 5.51. The van der Waals surface area contributed by atoms with E-state index in [1.807, 2.05) is 0 Å². The maximum atomic E-state index is 13.1. The summed E-state index contributed by atoms with van der Waals surface area (Å²) in [5, 5.41) is 12.5. The summed E-state index contributed by atoms with van der Waals surface area (Å²) in [5.74, 6) is -0.777. The molecule has 8 nitrogen and oxygen atoms in total. The highest BCUT2D eigenvalue weighted by atomic mass is 35.5. The summed E-state index contributed by atoms with van der Waals surface area (Å²) in [6.07, 6.45) is 3.57. The molecule has 0 heterocycles. The van der Waals surface area contributed by atoms with Crippen LogP contribution in [-0.4, -0.2) is 38.5 Å². The van der Waals surface area contributed by atoms with E-state index in [1.165, 1.54) is 44.6 Å². The molecule has 0 radical (unpaired) electrons. The summed E-state index contributed by atoms with van der Waals surface area (Å²) >= 11 is 6.04. The van der Waals surface area contributed by atoms with Crippen molar-refractivity contribution in [1.29, 1.82) is 5.26 Å². The van der Waals surface area contributed by atoms with Crippen LogP contribution in [0.2, 0.25) is 5.02 Å². The molecular weight excluding hydrogens is 448 g/mol. The minimum atomic E-state index is -0.635. The zero-order valence-corrected chi connectivity index (χ0v) is 19.0. The maximum Gasteiger partial charge on any atom is 0.339 e. The maximum absolute atomic E-state index is 13.1. The summed E-state index contributed by atoms with van der Waals surface area (Å²) in [6.45, 7) is 0. The van der Waals surface area contributed by atoms with Gasteiger partial charge in [-0.15, -0.1) is 0 Å². The van der Waals surface area contributed by atoms with Gasteiger partial charge in [-0.1, -0.05) is 11.6 Å². The monoisotopic (exact) mass is 470 g/mol. The van der Waals surface area contributed by atoms with Gasteiger partial charge in [0.05, 0.1) is 42.7 Å². The van der Waals surface area contributed by atoms with Gasteiger partial charge >= 0.3 is 5.97 Å². The molecule has 0 atom stereocenters. The number of hydrogen-bond acceptors (Lipinski definition) is 7. The van der Waals surface area contributed by atoms with E-state index in [2.05, 4.69) is 11.4 Å². The summed E-state index contributed by atoms with van der Waals surface area (Å²) in [4.78, 5) is 36.2. The molecule has 0 bridgehead atoms. The van der Waals surface area contributed by atoms with Crippen LogP contribution in [0.5, 0.6) is 11.5 Å². The highest BCUT2D eigenvalue weighted by Gasteiger charge is 2.25. The Kier molecular flexibility index (Phi) is 7.91. The van der Waals surface area contributed by atoms with Gasteiger partial charge < -0.3 is 24.3 Å². The van der Waals surface area contributed by atoms with E-state index in [0.29, 0.717) is 30.7 Å². The minimum absolute atomic E-state index is 0.0270. The quantitative estimate of drug-likeness (QED) is 0.471. The number of hydrogen-bond donors (Lipinski definition) is 1. The fraction of sp³-hybridized carbons (Fsp3) is 0.333. The van der Waals surface area contributed by atoms with Crippen molar-refractivity contribution >= 4 is 35.5 Å². The standard InChI is InChI=1S/C24H23ClN2O6/c1-31-22-9-15(12-26)21(33-17-6-3-14(13-28)4-7-17)11-19(22)23(29)27-20-10-16(25)5-8-18(20)24(30)32-2/h5,8-11,13-14,17H,3-4,6-7H2,1-2H3,(H,27,29). The predicted molar refractivity (Wildman–Crippen MR) is 121 cm³/mol. The summed E-state index contributed by atoms with van der Waals surface area (Å²) < 4.78 is 16.1. The molecule has 2 aromatic rings. The Morgan fingerprint density at radius 1 is 1.09 bits per heavy atom. The molecule has 3 rings (SSSR count). The van der Waals surface area contributed by atoms with Crippen molar-refractivity contribution in [2.24, 2.45) is 5.92 Å². The summed E-state index contributed by atoms with van der Waals surface area (Å²) in [7, 11) is 2.62. The van der Waals surface area contributed by atoms with Crippen LogP contribution in [0.4, 0.5) is 5.69 Å². The number of halogens is 1. The van der Waals surface area contributed by atoms with Gasteiger partial charge in [0.1, 0.15) is 23.9 Å². The lowest BCUT2D eigenvalue weighted by atomic mass is 9.88. The number of benzene rings is 2. The Morgan fingerprint density at radius 3 is 2.42 bits per heavy atom. The van der Waals surface area contributed by atoms with Gasteiger partial charge in [0.25, 0.3) is 5.91 Å². The zero-order chi connectivity index (χ0) is 24.0. The molecule has 0 aromatic heterocycles. The van der Waals surface area contributed by atoms with Crippen molar-refractivity contribution in [3.8, 4) is 17.6 Å². The van der Waals surface area contributed by atoms with Gasteiger partial charge in [-0.3, -0.25) is 4.79 Å². The lowest BCUT2D eigenvalue weighted by Crippen LogP contribution is -2.25. The molecule has 1 aliphatic carbocycles. The second-order valence-corrected chi connectivity index (χ2v) is 8.02. The first-order valence-corrected chi connectivity index (χ1v) is 10.7. The van der Waals surface area contributed by atoms with Crippen LogP contribution in [0.3, 0.4) is 0 Å². The number of nitrogens with one attached hydrogen (secondary N) is 1. The molecule has 1 fully saturated rings. The molecule has 172 valence electrons. The number of aldehydes is 1. The number of carbonyl (C=O) groups excluding carboxylic acids is 3. The van der Waals surface area contributed by atoms with E-state index >= 15 is 0 Å². The molecule has 0 spiro atoms. The lowest BCUT2D eigenvalue weighted by Gasteiger charge is -2.27. The molecule has 1 saturated carbocycles. The van der Waals surface area contributed by atoms with Gasteiger partial charge in [0.2, 0.25) is 0 Å². The third kappa shape index (κ3) is 5.62. The van der Waals surface area contributed by atoms with Gasteiger partial charge in [-0.05, 0) is 49.9 Å². The van der Waals surface area contributed by atoms with Gasteiger partial charge in [-0.2, -0.15) is 5.26 Å². The molecule has 9 heteroatoms. The number of methoxy groups -OCH3 is 2. The van der Waals surface area contributed by atoms with Crippen molar-refractivity contribution in [2.45, 2.75) is 31.8 Å². The number of nitriles is 1. The summed E-state index contributed by atoms with van der Waals surface area (Å²) in [6, 6.07) is 9.33. The summed E-state index contributed by atoms with van der Waals surface area (Å²) in [5.41, 5.74) is 0.634. The Bertz CT molecular complexity index is 1100. The van der Waals surface area contributed by atoms with E-state index in [9.17, 15) is 19.6 Å². The van der Waals surface area contributed by atoms with Gasteiger partial charge in [0.15, 0.2) is 0 Å². The van der Waals surface area contributed by atoms with Crippen LogP contribution in [-0.2, 0) is 9.53 Å². The fourth-order valence-electron chi connectivity index (χ4n) is 3.71. The number of ether oxygens (including phenoxy) is 3. The number of anilines is 1. The van der Waals surface area contributed by atoms with Crippen molar-refractivity contribution in [2.75, 3.05) is 19.5 Å². The van der Waals surface area contributed by atoms with E-state index in [0.717, 1.165) is 6.29 Å². The molecule has 1 amide bonds. The van der Waals surface area contributed by atoms with Crippen LogP contribution in [0.15, 0.2) is 30.3 Å². The number of carbonyl (C=O) groups is 3. The first-order chi connectivity index (χ1) is 15.9. The van der Waals surface area contributed by atoms with Gasteiger partial charge in [-0.25, -0.2) is 4.79 Å². The second-order valence-electron chi connectivity index (χ2n) is 7.59. The smallest absolute Gasteiger partial charge is 0.339 e. The highest BCUT2D eigenvalue weighted by molar-refractivity contribution is 6.31. The van der Waals surface area contributed by atoms with Crippen molar-refractivity contribution < 1.29 is 28.6 Å². The third-order valence-corrected chi connectivity index (χ3v) is 5.74.